The van der Waals surface area contributed by atoms with E-state index in [4.69, 9.17) is 0 Å². The Bertz CT molecular complexity index is 576. The molecular formula is C11H8F3NS. The van der Waals surface area contributed by atoms with Gasteiger partial charge in [0.1, 0.15) is 5.82 Å². The minimum Gasteiger partial charge on any atom is -0.356 e. The summed E-state index contributed by atoms with van der Waals surface area (Å²) < 4.78 is 40.2. The number of nitrogens with one attached hydrogen (secondary N) is 1. The lowest BCUT2D eigenvalue weighted by molar-refractivity contribution is 0.505. The summed E-state index contributed by atoms with van der Waals surface area (Å²) in [6, 6.07) is 0.590. The highest BCUT2D eigenvalue weighted by atomic mass is 32.2. The van der Waals surface area contributed by atoms with Crippen LogP contribution in [0.5, 0.6) is 0 Å². The average molecular weight is 243 g/mol. The zero-order chi connectivity index (χ0) is 11.3. The molecule has 0 bridgehead atoms. The van der Waals surface area contributed by atoms with Crippen LogP contribution in [0.1, 0.15) is 11.3 Å². The van der Waals surface area contributed by atoms with Gasteiger partial charge in [0.25, 0.3) is 0 Å². The second kappa shape index (κ2) is 3.45. The van der Waals surface area contributed by atoms with Crippen molar-refractivity contribution in [3.63, 3.8) is 0 Å². The van der Waals surface area contributed by atoms with Gasteiger partial charge in [0.15, 0.2) is 11.6 Å². The molecule has 0 spiro atoms. The van der Waals surface area contributed by atoms with Gasteiger partial charge in [-0.2, -0.15) is 11.8 Å². The quantitative estimate of drug-likeness (QED) is 0.701. The summed E-state index contributed by atoms with van der Waals surface area (Å²) >= 11 is 1.65. The van der Waals surface area contributed by atoms with E-state index in [9.17, 15) is 13.2 Å². The van der Waals surface area contributed by atoms with Crippen LogP contribution in [0.25, 0.3) is 10.9 Å². The van der Waals surface area contributed by atoms with Gasteiger partial charge in [0, 0.05) is 22.9 Å². The Kier molecular flexibility index (Phi) is 2.17. The third-order valence-electron chi connectivity index (χ3n) is 2.86. The molecule has 0 aliphatic carbocycles. The second-order valence-electron chi connectivity index (χ2n) is 3.79. The molecule has 0 amide bonds. The predicted octanol–water partition coefficient (Wildman–Crippen LogP) is 3.37. The van der Waals surface area contributed by atoms with Gasteiger partial charge >= 0.3 is 0 Å². The Labute approximate surface area is 94.0 Å². The normalized spacial score (nSPS) is 15.4. The third-order valence-corrected chi connectivity index (χ3v) is 3.84. The summed E-state index contributed by atoms with van der Waals surface area (Å²) in [5.74, 6) is -1.27. The SMILES string of the molecule is Fc1cc(F)c2[nH]c3c(c2c1F)CSCC3. The van der Waals surface area contributed by atoms with Crippen molar-refractivity contribution in [2.75, 3.05) is 5.75 Å². The van der Waals surface area contributed by atoms with Gasteiger partial charge in [-0.15, -0.1) is 0 Å². The highest BCUT2D eigenvalue weighted by Gasteiger charge is 2.22. The molecule has 2 aromatic rings. The lowest BCUT2D eigenvalue weighted by Crippen LogP contribution is -2.00. The Hall–Kier alpha value is -1.10. The maximum Gasteiger partial charge on any atom is 0.168 e. The number of fused-ring (bicyclic) bond motifs is 3. The first-order valence-corrected chi connectivity index (χ1v) is 6.08. The van der Waals surface area contributed by atoms with E-state index >= 15 is 0 Å². The molecule has 0 fully saturated rings. The molecule has 0 unspecified atom stereocenters. The first kappa shape index (κ1) is 10.1. The summed E-state index contributed by atoms with van der Waals surface area (Å²) in [5, 5.41) is 0.0831. The molecule has 3 rings (SSSR count). The van der Waals surface area contributed by atoms with Gasteiger partial charge in [0.2, 0.25) is 0 Å². The van der Waals surface area contributed by atoms with Crippen LogP contribution < -0.4 is 0 Å². The van der Waals surface area contributed by atoms with Crippen LogP contribution in [0, 0.1) is 17.5 Å². The van der Waals surface area contributed by atoms with Crippen LogP contribution in [-0.2, 0) is 12.2 Å². The molecular weight excluding hydrogens is 235 g/mol. The Balaban J connectivity index is 2.43. The van der Waals surface area contributed by atoms with E-state index in [1.54, 1.807) is 11.8 Å². The fourth-order valence-electron chi connectivity index (χ4n) is 2.10. The van der Waals surface area contributed by atoms with E-state index in [1.165, 1.54) is 0 Å². The van der Waals surface area contributed by atoms with Gasteiger partial charge in [-0.05, 0) is 17.7 Å². The maximum atomic E-state index is 13.6. The zero-order valence-corrected chi connectivity index (χ0v) is 9.06. The van der Waals surface area contributed by atoms with Gasteiger partial charge in [-0.25, -0.2) is 13.2 Å². The first-order chi connectivity index (χ1) is 7.68. The van der Waals surface area contributed by atoms with E-state index < -0.39 is 17.5 Å². The highest BCUT2D eigenvalue weighted by molar-refractivity contribution is 7.98. The molecule has 1 N–H and O–H groups in total. The Morgan fingerprint density at radius 1 is 1.19 bits per heavy atom. The van der Waals surface area contributed by atoms with E-state index in [0.717, 1.165) is 17.9 Å². The molecule has 0 saturated heterocycles. The van der Waals surface area contributed by atoms with Crippen LogP contribution in [-0.4, -0.2) is 10.7 Å². The van der Waals surface area contributed by atoms with Crippen molar-refractivity contribution in [3.05, 3.63) is 34.8 Å². The summed E-state index contributed by atoms with van der Waals surface area (Å²) in [6.07, 6.45) is 0.745. The maximum absolute atomic E-state index is 13.6. The van der Waals surface area contributed by atoms with Gasteiger partial charge < -0.3 is 4.98 Å². The van der Waals surface area contributed by atoms with E-state index in [0.29, 0.717) is 17.4 Å². The lowest BCUT2D eigenvalue weighted by Gasteiger charge is -2.10. The zero-order valence-electron chi connectivity index (χ0n) is 8.24. The van der Waals surface area contributed by atoms with Crippen molar-refractivity contribution >= 4 is 22.7 Å². The lowest BCUT2D eigenvalue weighted by atomic mass is 10.1. The minimum absolute atomic E-state index is 0.0831. The molecule has 1 nitrogen and oxygen atoms in total. The summed E-state index contributed by atoms with van der Waals surface area (Å²) in [4.78, 5) is 2.86. The number of aryl methyl sites for hydroxylation is 1. The van der Waals surface area contributed by atoms with Crippen LogP contribution in [0.3, 0.4) is 0 Å². The number of rotatable bonds is 0. The highest BCUT2D eigenvalue weighted by Crippen LogP contribution is 2.34. The molecule has 1 aromatic heterocycles. The molecule has 1 aliphatic rings. The van der Waals surface area contributed by atoms with Crippen LogP contribution in [0.15, 0.2) is 6.07 Å². The van der Waals surface area contributed by atoms with E-state index in [2.05, 4.69) is 4.98 Å². The number of thioether (sulfide) groups is 1. The largest absolute Gasteiger partial charge is 0.356 e. The molecule has 1 aromatic carbocycles. The molecule has 2 heterocycles. The monoisotopic (exact) mass is 243 g/mol. The summed E-state index contributed by atoms with van der Waals surface area (Å²) in [7, 11) is 0. The van der Waals surface area contributed by atoms with Crippen molar-refractivity contribution in [2.45, 2.75) is 12.2 Å². The van der Waals surface area contributed by atoms with Crippen LogP contribution >= 0.6 is 11.8 Å². The standard InChI is InChI=1S/C11H8F3NS/c12-6-3-7(13)11-9(10(6)14)5-4-16-2-1-8(5)15-11/h3,15H,1-2,4H2. The average Bonchev–Trinajstić information content (AvgIpc) is 2.66. The number of hydrogen-bond donors (Lipinski definition) is 1. The molecule has 5 heteroatoms. The van der Waals surface area contributed by atoms with Crippen molar-refractivity contribution in [3.8, 4) is 0 Å². The number of H-pyrrole nitrogens is 1. The Morgan fingerprint density at radius 3 is 2.81 bits per heavy atom. The molecule has 0 atom stereocenters. The third kappa shape index (κ3) is 1.27. The Morgan fingerprint density at radius 2 is 2.00 bits per heavy atom. The van der Waals surface area contributed by atoms with Crippen LogP contribution in [0.2, 0.25) is 0 Å². The summed E-state index contributed by atoms with van der Waals surface area (Å²) in [6.45, 7) is 0. The van der Waals surface area contributed by atoms with Crippen molar-refractivity contribution < 1.29 is 13.2 Å². The first-order valence-electron chi connectivity index (χ1n) is 4.93. The smallest absolute Gasteiger partial charge is 0.168 e. The summed E-state index contributed by atoms with van der Waals surface area (Å²) in [5.41, 5.74) is 1.63. The number of halogens is 3. The van der Waals surface area contributed by atoms with Crippen molar-refractivity contribution in [1.82, 2.24) is 4.98 Å². The molecule has 84 valence electrons. The number of aromatic amines is 1. The van der Waals surface area contributed by atoms with E-state index in [-0.39, 0.29) is 10.9 Å². The molecule has 16 heavy (non-hydrogen) atoms. The molecule has 0 radical (unpaired) electrons. The minimum atomic E-state index is -1.12. The molecule has 1 aliphatic heterocycles. The second-order valence-corrected chi connectivity index (χ2v) is 4.89. The topological polar surface area (TPSA) is 15.8 Å². The number of benzene rings is 1. The number of hydrogen-bond acceptors (Lipinski definition) is 1. The van der Waals surface area contributed by atoms with Gasteiger partial charge in [-0.3, -0.25) is 0 Å². The number of aromatic nitrogens is 1. The van der Waals surface area contributed by atoms with Crippen molar-refractivity contribution in [2.24, 2.45) is 0 Å². The fraction of sp³-hybridized carbons (Fsp3) is 0.273. The predicted molar refractivity (Wildman–Crippen MR) is 58.0 cm³/mol. The van der Waals surface area contributed by atoms with Gasteiger partial charge in [-0.1, -0.05) is 0 Å². The van der Waals surface area contributed by atoms with E-state index in [1.807, 2.05) is 0 Å². The molecule has 0 saturated carbocycles. The fourth-order valence-corrected chi connectivity index (χ4v) is 3.11. The van der Waals surface area contributed by atoms with Crippen molar-refractivity contribution in [1.29, 1.82) is 0 Å². The van der Waals surface area contributed by atoms with Gasteiger partial charge in [0.05, 0.1) is 5.52 Å². The van der Waals surface area contributed by atoms with Crippen LogP contribution in [0.4, 0.5) is 13.2 Å².